The standard InChI is InChI=1S/C15H20O2/c1-11-14(2,8-9-15(11,3)17)13-6-4-12(10-16)5-7-13/h4-7,16-17H,1,8-10H2,2-3H3/t14-,15-/m1/s1. The zero-order valence-corrected chi connectivity index (χ0v) is 10.5. The molecule has 1 aromatic carbocycles. The molecule has 1 saturated carbocycles. The zero-order valence-electron chi connectivity index (χ0n) is 10.5. The molecule has 0 radical (unpaired) electrons. The van der Waals surface area contributed by atoms with Crippen LogP contribution >= 0.6 is 0 Å². The number of aliphatic hydroxyl groups excluding tert-OH is 1. The molecule has 0 heterocycles. The summed E-state index contributed by atoms with van der Waals surface area (Å²) in [7, 11) is 0. The van der Waals surface area contributed by atoms with Gasteiger partial charge in [0.2, 0.25) is 0 Å². The highest BCUT2D eigenvalue weighted by atomic mass is 16.3. The van der Waals surface area contributed by atoms with Gasteiger partial charge in [0.15, 0.2) is 0 Å². The predicted molar refractivity (Wildman–Crippen MR) is 68.7 cm³/mol. The lowest BCUT2D eigenvalue weighted by Gasteiger charge is -2.30. The maximum atomic E-state index is 10.2. The molecule has 1 aliphatic rings. The van der Waals surface area contributed by atoms with E-state index in [1.54, 1.807) is 0 Å². The first kappa shape index (κ1) is 12.3. The first-order valence-corrected chi connectivity index (χ1v) is 6.03. The fraction of sp³-hybridized carbons (Fsp3) is 0.467. The molecule has 1 aliphatic carbocycles. The highest BCUT2D eigenvalue weighted by molar-refractivity contribution is 5.42. The lowest BCUT2D eigenvalue weighted by Crippen LogP contribution is -2.28. The minimum atomic E-state index is -0.760. The van der Waals surface area contributed by atoms with Crippen LogP contribution in [-0.4, -0.2) is 15.8 Å². The van der Waals surface area contributed by atoms with E-state index in [0.29, 0.717) is 0 Å². The Morgan fingerprint density at radius 1 is 1.18 bits per heavy atom. The van der Waals surface area contributed by atoms with Gasteiger partial charge in [-0.15, -0.1) is 0 Å². The van der Waals surface area contributed by atoms with Crippen molar-refractivity contribution in [3.63, 3.8) is 0 Å². The van der Waals surface area contributed by atoms with Crippen molar-refractivity contribution in [3.8, 4) is 0 Å². The van der Waals surface area contributed by atoms with Crippen molar-refractivity contribution in [1.29, 1.82) is 0 Å². The normalized spacial score (nSPS) is 33.1. The number of rotatable bonds is 2. The molecule has 0 aliphatic heterocycles. The summed E-state index contributed by atoms with van der Waals surface area (Å²) in [6, 6.07) is 7.91. The maximum absolute atomic E-state index is 10.2. The van der Waals surface area contributed by atoms with Crippen molar-refractivity contribution in [3.05, 3.63) is 47.5 Å². The quantitative estimate of drug-likeness (QED) is 0.769. The smallest absolute Gasteiger partial charge is 0.0835 e. The van der Waals surface area contributed by atoms with Crippen LogP contribution in [0.4, 0.5) is 0 Å². The van der Waals surface area contributed by atoms with Gasteiger partial charge in [0.25, 0.3) is 0 Å². The molecule has 2 heteroatoms. The van der Waals surface area contributed by atoms with Crippen molar-refractivity contribution in [2.24, 2.45) is 0 Å². The molecule has 0 spiro atoms. The predicted octanol–water partition coefficient (Wildman–Crippen LogP) is 2.54. The van der Waals surface area contributed by atoms with Gasteiger partial charge in [0.05, 0.1) is 12.2 Å². The van der Waals surface area contributed by atoms with Gasteiger partial charge in [0.1, 0.15) is 0 Å². The number of hydrogen-bond acceptors (Lipinski definition) is 2. The van der Waals surface area contributed by atoms with Crippen LogP contribution in [0.1, 0.15) is 37.8 Å². The first-order valence-electron chi connectivity index (χ1n) is 6.03. The van der Waals surface area contributed by atoms with Crippen LogP contribution in [0.15, 0.2) is 36.4 Å². The summed E-state index contributed by atoms with van der Waals surface area (Å²) < 4.78 is 0. The minimum Gasteiger partial charge on any atom is -0.392 e. The first-order chi connectivity index (χ1) is 7.90. The Kier molecular flexibility index (Phi) is 2.88. The summed E-state index contributed by atoms with van der Waals surface area (Å²) >= 11 is 0. The van der Waals surface area contributed by atoms with Crippen molar-refractivity contribution in [2.45, 2.75) is 44.3 Å². The molecule has 0 unspecified atom stereocenters. The van der Waals surface area contributed by atoms with E-state index in [0.717, 1.165) is 29.5 Å². The second-order valence-corrected chi connectivity index (χ2v) is 5.44. The van der Waals surface area contributed by atoms with Crippen LogP contribution in [0.2, 0.25) is 0 Å². The Bertz CT molecular complexity index is 431. The molecule has 0 aromatic heterocycles. The highest BCUT2D eigenvalue weighted by Crippen LogP contribution is 2.49. The van der Waals surface area contributed by atoms with Crippen molar-refractivity contribution >= 4 is 0 Å². The summed E-state index contributed by atoms with van der Waals surface area (Å²) in [4.78, 5) is 0. The lowest BCUT2D eigenvalue weighted by molar-refractivity contribution is 0.105. The molecule has 1 fully saturated rings. The zero-order chi connectivity index (χ0) is 12.7. The number of benzene rings is 1. The van der Waals surface area contributed by atoms with Crippen LogP contribution in [0.25, 0.3) is 0 Å². The van der Waals surface area contributed by atoms with Crippen LogP contribution in [0.3, 0.4) is 0 Å². The molecule has 92 valence electrons. The topological polar surface area (TPSA) is 40.5 Å². The number of hydrogen-bond donors (Lipinski definition) is 2. The Morgan fingerprint density at radius 2 is 1.76 bits per heavy atom. The SMILES string of the molecule is C=C1[C@](C)(O)CC[C@@]1(C)c1ccc(CO)cc1. The van der Waals surface area contributed by atoms with Crippen LogP contribution in [0, 0.1) is 0 Å². The van der Waals surface area contributed by atoms with E-state index < -0.39 is 5.60 Å². The average molecular weight is 232 g/mol. The maximum Gasteiger partial charge on any atom is 0.0835 e. The number of aliphatic hydroxyl groups is 2. The fourth-order valence-corrected chi connectivity index (χ4v) is 2.69. The summed E-state index contributed by atoms with van der Waals surface area (Å²) in [5.74, 6) is 0. The van der Waals surface area contributed by atoms with Gasteiger partial charge < -0.3 is 10.2 Å². The van der Waals surface area contributed by atoms with Gasteiger partial charge >= 0.3 is 0 Å². The third kappa shape index (κ3) is 1.92. The molecule has 0 saturated heterocycles. The van der Waals surface area contributed by atoms with E-state index in [1.807, 2.05) is 31.2 Å². The molecule has 0 amide bonds. The van der Waals surface area contributed by atoms with Crippen molar-refractivity contribution in [2.75, 3.05) is 0 Å². The molecule has 0 bridgehead atoms. The molecule has 2 atom stereocenters. The third-order valence-corrected chi connectivity index (χ3v) is 4.20. The monoisotopic (exact) mass is 232 g/mol. The summed E-state index contributed by atoms with van der Waals surface area (Å²) in [6.07, 6.45) is 1.67. The van der Waals surface area contributed by atoms with Crippen molar-refractivity contribution < 1.29 is 10.2 Å². The van der Waals surface area contributed by atoms with Crippen LogP contribution in [0.5, 0.6) is 0 Å². The fourth-order valence-electron chi connectivity index (χ4n) is 2.69. The Labute approximate surface area is 103 Å². The molecular weight excluding hydrogens is 212 g/mol. The summed E-state index contributed by atoms with van der Waals surface area (Å²) in [6.45, 7) is 8.11. The van der Waals surface area contributed by atoms with Gasteiger partial charge in [-0.3, -0.25) is 0 Å². The van der Waals surface area contributed by atoms with Gasteiger partial charge in [0, 0.05) is 5.41 Å². The second kappa shape index (κ2) is 3.97. The Balaban J connectivity index is 2.36. The van der Waals surface area contributed by atoms with Crippen LogP contribution < -0.4 is 0 Å². The molecule has 17 heavy (non-hydrogen) atoms. The lowest BCUT2D eigenvalue weighted by atomic mass is 9.76. The van der Waals surface area contributed by atoms with E-state index in [9.17, 15) is 5.11 Å². The molecule has 2 nitrogen and oxygen atoms in total. The highest BCUT2D eigenvalue weighted by Gasteiger charge is 2.46. The largest absolute Gasteiger partial charge is 0.392 e. The molecular formula is C15H20O2. The average Bonchev–Trinajstić information content (AvgIpc) is 2.55. The van der Waals surface area contributed by atoms with E-state index in [2.05, 4.69) is 13.5 Å². The Morgan fingerprint density at radius 3 is 2.18 bits per heavy atom. The van der Waals surface area contributed by atoms with Gasteiger partial charge in [-0.2, -0.15) is 0 Å². The summed E-state index contributed by atoms with van der Waals surface area (Å²) in [5, 5.41) is 19.3. The summed E-state index contributed by atoms with van der Waals surface area (Å²) in [5.41, 5.74) is 2.05. The minimum absolute atomic E-state index is 0.0651. The second-order valence-electron chi connectivity index (χ2n) is 5.44. The molecule has 2 rings (SSSR count). The third-order valence-electron chi connectivity index (χ3n) is 4.20. The van der Waals surface area contributed by atoms with Crippen molar-refractivity contribution in [1.82, 2.24) is 0 Å². The van der Waals surface area contributed by atoms with Gasteiger partial charge in [-0.25, -0.2) is 0 Å². The molecule has 1 aromatic rings. The van der Waals surface area contributed by atoms with Gasteiger partial charge in [-0.05, 0) is 36.5 Å². The van der Waals surface area contributed by atoms with E-state index in [1.165, 1.54) is 0 Å². The van der Waals surface area contributed by atoms with E-state index in [4.69, 9.17) is 5.11 Å². The van der Waals surface area contributed by atoms with Gasteiger partial charge in [-0.1, -0.05) is 37.8 Å². The molecule has 2 N–H and O–H groups in total. The van der Waals surface area contributed by atoms with E-state index >= 15 is 0 Å². The van der Waals surface area contributed by atoms with E-state index in [-0.39, 0.29) is 12.0 Å². The van der Waals surface area contributed by atoms with Crippen LogP contribution in [-0.2, 0) is 12.0 Å². The Hall–Kier alpha value is -1.12.